The summed E-state index contributed by atoms with van der Waals surface area (Å²) >= 11 is 1.59. The fourth-order valence-corrected chi connectivity index (χ4v) is 5.06. The molecule has 1 aliphatic heterocycles. The number of aryl methyl sites for hydroxylation is 1. The van der Waals surface area contributed by atoms with Crippen LogP contribution in [0.5, 0.6) is 0 Å². The van der Waals surface area contributed by atoms with Gasteiger partial charge in [-0.25, -0.2) is 9.97 Å². The van der Waals surface area contributed by atoms with Crippen LogP contribution in [0.15, 0.2) is 60.7 Å². The van der Waals surface area contributed by atoms with Gasteiger partial charge in [0, 0.05) is 18.7 Å². The van der Waals surface area contributed by atoms with Gasteiger partial charge in [0.1, 0.15) is 10.8 Å². The minimum Gasteiger partial charge on any atom is -0.393 e. The molecule has 1 aliphatic rings. The lowest BCUT2D eigenvalue weighted by Gasteiger charge is -2.32. The predicted octanol–water partition coefficient (Wildman–Crippen LogP) is 4.56. The van der Waals surface area contributed by atoms with E-state index >= 15 is 0 Å². The molecule has 4 aromatic rings. The molecule has 0 bridgehead atoms. The van der Waals surface area contributed by atoms with Crippen molar-refractivity contribution in [1.82, 2.24) is 15.3 Å². The van der Waals surface area contributed by atoms with E-state index in [9.17, 15) is 9.90 Å². The number of nitrogens with zero attached hydrogens (tertiary/aromatic N) is 3. The van der Waals surface area contributed by atoms with Crippen LogP contribution in [0.2, 0.25) is 0 Å². The van der Waals surface area contributed by atoms with E-state index in [0.29, 0.717) is 43.9 Å². The quantitative estimate of drug-likeness (QED) is 0.458. The molecule has 0 saturated carbocycles. The lowest BCUT2D eigenvalue weighted by Crippen LogP contribution is -2.38. The third-order valence-electron chi connectivity index (χ3n) is 5.94. The molecule has 3 heterocycles. The van der Waals surface area contributed by atoms with Crippen molar-refractivity contribution in [2.75, 3.05) is 18.0 Å². The zero-order valence-electron chi connectivity index (χ0n) is 18.5. The van der Waals surface area contributed by atoms with E-state index in [2.05, 4.69) is 34.3 Å². The van der Waals surface area contributed by atoms with E-state index < -0.39 is 0 Å². The third-order valence-corrected chi connectivity index (χ3v) is 6.97. The Bertz CT molecular complexity index is 1260. The number of carbonyl (C=O) groups excluding carboxylic acids is 1. The Morgan fingerprint density at radius 1 is 1.09 bits per heavy atom. The van der Waals surface area contributed by atoms with Gasteiger partial charge in [-0.05, 0) is 50.1 Å². The summed E-state index contributed by atoms with van der Waals surface area (Å²) in [4.78, 5) is 24.8. The van der Waals surface area contributed by atoms with Crippen molar-refractivity contribution in [3.63, 3.8) is 0 Å². The molecule has 1 amide bonds. The van der Waals surface area contributed by atoms with Crippen molar-refractivity contribution >= 4 is 33.3 Å². The maximum absolute atomic E-state index is 13.2. The third kappa shape index (κ3) is 4.74. The number of aromatic nitrogens is 2. The van der Waals surface area contributed by atoms with Crippen molar-refractivity contribution in [2.24, 2.45) is 0 Å². The van der Waals surface area contributed by atoms with Crippen LogP contribution in [0.4, 0.5) is 5.82 Å². The van der Waals surface area contributed by atoms with Crippen LogP contribution in [-0.4, -0.2) is 40.2 Å². The molecular formula is C26H26N4O2S. The van der Waals surface area contributed by atoms with Crippen LogP contribution in [0.25, 0.3) is 21.5 Å². The summed E-state index contributed by atoms with van der Waals surface area (Å²) in [6, 6.07) is 19.9. The fourth-order valence-electron chi connectivity index (χ4n) is 4.16. The number of fused-ring (bicyclic) bond motifs is 1. The molecule has 1 saturated heterocycles. The Morgan fingerprint density at radius 3 is 2.70 bits per heavy atom. The highest BCUT2D eigenvalue weighted by molar-refractivity contribution is 7.18. The molecule has 0 radical (unpaired) electrons. The van der Waals surface area contributed by atoms with Gasteiger partial charge in [-0.2, -0.15) is 0 Å². The molecule has 2 aromatic carbocycles. The SMILES string of the molecule is Cc1cccc(-c2ccc(C(=O)NCc3nc4ccccc4s3)c(N3CCC(O)CC3)n2)c1. The van der Waals surface area contributed by atoms with E-state index in [4.69, 9.17) is 4.98 Å². The van der Waals surface area contributed by atoms with E-state index in [0.717, 1.165) is 32.0 Å². The number of para-hydroxylation sites is 1. The van der Waals surface area contributed by atoms with Crippen molar-refractivity contribution in [3.8, 4) is 11.3 Å². The Morgan fingerprint density at radius 2 is 1.91 bits per heavy atom. The first-order valence-corrected chi connectivity index (χ1v) is 12.0. The molecular weight excluding hydrogens is 432 g/mol. The number of hydrogen-bond acceptors (Lipinski definition) is 6. The van der Waals surface area contributed by atoms with Gasteiger partial charge in [0.15, 0.2) is 0 Å². The van der Waals surface area contributed by atoms with Gasteiger partial charge >= 0.3 is 0 Å². The molecule has 2 aromatic heterocycles. The minimum atomic E-state index is -0.294. The number of pyridine rings is 1. The number of thiazole rings is 1. The van der Waals surface area contributed by atoms with Crippen molar-refractivity contribution in [3.05, 3.63) is 76.8 Å². The number of carbonyl (C=O) groups is 1. The maximum atomic E-state index is 13.2. The predicted molar refractivity (Wildman–Crippen MR) is 133 cm³/mol. The van der Waals surface area contributed by atoms with Gasteiger partial charge in [-0.15, -0.1) is 11.3 Å². The molecule has 6 nitrogen and oxygen atoms in total. The average molecular weight is 459 g/mol. The van der Waals surface area contributed by atoms with Crippen LogP contribution in [0.1, 0.15) is 33.8 Å². The van der Waals surface area contributed by atoms with Crippen LogP contribution in [0.3, 0.4) is 0 Å². The van der Waals surface area contributed by atoms with E-state index in [1.807, 2.05) is 48.5 Å². The normalized spacial score (nSPS) is 14.5. The fraction of sp³-hybridized carbons (Fsp3) is 0.269. The summed E-state index contributed by atoms with van der Waals surface area (Å²) < 4.78 is 1.11. The number of piperidine rings is 1. The highest BCUT2D eigenvalue weighted by Crippen LogP contribution is 2.28. The standard InChI is InChI=1S/C26H26N4O2S/c1-17-5-4-6-18(15-17)21-10-9-20(25(29-21)30-13-11-19(31)12-14-30)26(32)27-16-24-28-22-7-2-3-8-23(22)33-24/h2-10,15,19,31H,11-14,16H2,1H3,(H,27,32). The highest BCUT2D eigenvalue weighted by Gasteiger charge is 2.24. The summed E-state index contributed by atoms with van der Waals surface area (Å²) in [7, 11) is 0. The molecule has 0 aliphatic carbocycles. The van der Waals surface area contributed by atoms with Crippen molar-refractivity contribution in [2.45, 2.75) is 32.4 Å². The lowest BCUT2D eigenvalue weighted by molar-refractivity contribution is 0.0951. The average Bonchev–Trinajstić information content (AvgIpc) is 3.26. The molecule has 0 spiro atoms. The summed E-state index contributed by atoms with van der Waals surface area (Å²) in [6.45, 7) is 3.77. The number of benzene rings is 2. The summed E-state index contributed by atoms with van der Waals surface area (Å²) in [5, 5.41) is 13.9. The molecule has 168 valence electrons. The maximum Gasteiger partial charge on any atom is 0.255 e. The van der Waals surface area contributed by atoms with Crippen molar-refractivity contribution in [1.29, 1.82) is 0 Å². The largest absolute Gasteiger partial charge is 0.393 e. The van der Waals surface area contributed by atoms with Gasteiger partial charge in [-0.3, -0.25) is 4.79 Å². The molecule has 0 unspecified atom stereocenters. The van der Waals surface area contributed by atoms with E-state index in [-0.39, 0.29) is 12.0 Å². The first kappa shape index (κ1) is 21.6. The van der Waals surface area contributed by atoms with Crippen LogP contribution < -0.4 is 10.2 Å². The van der Waals surface area contributed by atoms with E-state index in [1.165, 1.54) is 0 Å². The minimum absolute atomic E-state index is 0.168. The number of hydrogen-bond donors (Lipinski definition) is 2. The Balaban J connectivity index is 1.42. The highest BCUT2D eigenvalue weighted by atomic mass is 32.1. The molecule has 7 heteroatoms. The second-order valence-corrected chi connectivity index (χ2v) is 9.53. The van der Waals surface area contributed by atoms with Gasteiger partial charge < -0.3 is 15.3 Å². The summed E-state index contributed by atoms with van der Waals surface area (Å²) in [5.74, 6) is 0.501. The molecule has 1 fully saturated rings. The smallest absolute Gasteiger partial charge is 0.255 e. The molecule has 33 heavy (non-hydrogen) atoms. The number of aliphatic hydroxyl groups excluding tert-OH is 1. The van der Waals surface area contributed by atoms with Gasteiger partial charge in [0.05, 0.1) is 34.1 Å². The second-order valence-electron chi connectivity index (χ2n) is 8.41. The van der Waals surface area contributed by atoms with E-state index in [1.54, 1.807) is 11.3 Å². The van der Waals surface area contributed by atoms with Crippen LogP contribution in [0, 0.1) is 6.92 Å². The second kappa shape index (κ2) is 9.29. The Hall–Kier alpha value is -3.29. The molecule has 0 atom stereocenters. The summed E-state index contributed by atoms with van der Waals surface area (Å²) in [5.41, 5.74) is 4.51. The molecule has 2 N–H and O–H groups in total. The Labute approximate surface area is 196 Å². The number of anilines is 1. The Kier molecular flexibility index (Phi) is 6.07. The zero-order chi connectivity index (χ0) is 22.8. The van der Waals surface area contributed by atoms with Crippen LogP contribution in [-0.2, 0) is 6.54 Å². The summed E-state index contributed by atoms with van der Waals surface area (Å²) in [6.07, 6.45) is 1.05. The first-order chi connectivity index (χ1) is 16.1. The van der Waals surface area contributed by atoms with Gasteiger partial charge in [0.25, 0.3) is 5.91 Å². The topological polar surface area (TPSA) is 78.4 Å². The first-order valence-electron chi connectivity index (χ1n) is 11.2. The molecule has 5 rings (SSSR count). The monoisotopic (exact) mass is 458 g/mol. The zero-order valence-corrected chi connectivity index (χ0v) is 19.3. The van der Waals surface area contributed by atoms with Gasteiger partial charge in [-0.1, -0.05) is 35.9 Å². The number of rotatable bonds is 5. The lowest BCUT2D eigenvalue weighted by atomic mass is 10.0. The number of amides is 1. The number of aliphatic hydroxyl groups is 1. The van der Waals surface area contributed by atoms with Crippen LogP contribution >= 0.6 is 11.3 Å². The van der Waals surface area contributed by atoms with Gasteiger partial charge in [0.2, 0.25) is 0 Å². The van der Waals surface area contributed by atoms with Crippen molar-refractivity contribution < 1.29 is 9.90 Å². The number of nitrogens with one attached hydrogen (secondary N) is 1.